The van der Waals surface area contributed by atoms with Crippen molar-refractivity contribution in [3.63, 3.8) is 0 Å². The zero-order valence-electron chi connectivity index (χ0n) is 8.21. The first-order valence-corrected chi connectivity index (χ1v) is 5.01. The Balaban J connectivity index is 2.67. The summed E-state index contributed by atoms with van der Waals surface area (Å²) >= 11 is 0. The molecule has 0 aliphatic heterocycles. The maximum atomic E-state index is 9.41. The normalized spacial score (nSPS) is 31.9. The number of allylic oxidation sites excluding steroid dienone is 2. The summed E-state index contributed by atoms with van der Waals surface area (Å²) in [6, 6.07) is 0. The van der Waals surface area contributed by atoms with Crippen LogP contribution in [0.25, 0.3) is 0 Å². The largest absolute Gasteiger partial charge is 0.396 e. The third-order valence-corrected chi connectivity index (χ3v) is 3.47. The number of hydrogen-bond donors (Lipinski definition) is 1. The molecule has 0 amide bonds. The van der Waals surface area contributed by atoms with Crippen molar-refractivity contribution in [2.24, 2.45) is 11.3 Å². The van der Waals surface area contributed by atoms with Gasteiger partial charge in [0.2, 0.25) is 0 Å². The van der Waals surface area contributed by atoms with Gasteiger partial charge in [-0.15, -0.1) is 0 Å². The molecule has 0 saturated heterocycles. The second-order valence-corrected chi connectivity index (χ2v) is 4.04. The Morgan fingerprint density at radius 1 is 1.50 bits per heavy atom. The molecule has 0 saturated carbocycles. The van der Waals surface area contributed by atoms with Crippen LogP contribution >= 0.6 is 0 Å². The maximum absolute atomic E-state index is 9.41. The molecule has 2 atom stereocenters. The van der Waals surface area contributed by atoms with Gasteiger partial charge in [0.15, 0.2) is 0 Å². The molecule has 70 valence electrons. The number of hydrogen-bond acceptors (Lipinski definition) is 1. The predicted octanol–water partition coefficient (Wildman–Crippen LogP) is 2.75. The van der Waals surface area contributed by atoms with E-state index in [0.29, 0.717) is 12.5 Å². The van der Waals surface area contributed by atoms with Crippen LogP contribution in [0.5, 0.6) is 0 Å². The minimum absolute atomic E-state index is 0.198. The molecule has 0 fully saturated rings. The average Bonchev–Trinajstić information content (AvgIpc) is 2.17. The van der Waals surface area contributed by atoms with Crippen molar-refractivity contribution in [1.29, 1.82) is 0 Å². The Labute approximate surface area is 75.5 Å². The highest BCUT2D eigenvalue weighted by atomic mass is 16.3. The first-order valence-electron chi connectivity index (χ1n) is 5.01. The Morgan fingerprint density at radius 3 is 2.67 bits per heavy atom. The van der Waals surface area contributed by atoms with Gasteiger partial charge in [-0.2, -0.15) is 0 Å². The standard InChI is InChI=1S/C11H20O/c1-3-10(2)11(9-12)7-5-4-6-8-11/h4-5,10,12H,3,6-9H2,1-2H3. The lowest BCUT2D eigenvalue weighted by Gasteiger charge is -2.38. The quantitative estimate of drug-likeness (QED) is 0.642. The second kappa shape index (κ2) is 4.08. The van der Waals surface area contributed by atoms with E-state index >= 15 is 0 Å². The van der Waals surface area contributed by atoms with Gasteiger partial charge in [0, 0.05) is 6.61 Å². The minimum atomic E-state index is 0.198. The van der Waals surface area contributed by atoms with Gasteiger partial charge in [-0.1, -0.05) is 32.4 Å². The lowest BCUT2D eigenvalue weighted by atomic mass is 9.68. The fourth-order valence-electron chi connectivity index (χ4n) is 2.09. The average molecular weight is 168 g/mol. The first kappa shape index (κ1) is 9.79. The van der Waals surface area contributed by atoms with Gasteiger partial charge < -0.3 is 5.11 Å². The van der Waals surface area contributed by atoms with E-state index in [1.165, 1.54) is 6.42 Å². The zero-order chi connectivity index (χ0) is 9.03. The summed E-state index contributed by atoms with van der Waals surface area (Å²) < 4.78 is 0. The third kappa shape index (κ3) is 1.71. The molecule has 1 N–H and O–H groups in total. The van der Waals surface area contributed by atoms with Gasteiger partial charge in [-0.3, -0.25) is 0 Å². The number of aliphatic hydroxyl groups excluding tert-OH is 1. The third-order valence-electron chi connectivity index (χ3n) is 3.47. The van der Waals surface area contributed by atoms with E-state index in [1.54, 1.807) is 0 Å². The van der Waals surface area contributed by atoms with E-state index in [9.17, 15) is 5.11 Å². The molecule has 0 radical (unpaired) electrons. The van der Waals surface area contributed by atoms with Crippen molar-refractivity contribution in [2.75, 3.05) is 6.61 Å². The Morgan fingerprint density at radius 2 is 2.25 bits per heavy atom. The van der Waals surface area contributed by atoms with Gasteiger partial charge in [-0.25, -0.2) is 0 Å². The van der Waals surface area contributed by atoms with E-state index in [-0.39, 0.29) is 5.41 Å². The highest BCUT2D eigenvalue weighted by Gasteiger charge is 2.33. The minimum Gasteiger partial charge on any atom is -0.396 e. The molecule has 0 heterocycles. The topological polar surface area (TPSA) is 20.2 Å². The molecule has 0 aromatic carbocycles. The van der Waals surface area contributed by atoms with Gasteiger partial charge in [0.1, 0.15) is 0 Å². The van der Waals surface area contributed by atoms with Gasteiger partial charge >= 0.3 is 0 Å². The maximum Gasteiger partial charge on any atom is 0.0493 e. The summed E-state index contributed by atoms with van der Waals surface area (Å²) in [6.07, 6.45) is 9.01. The van der Waals surface area contributed by atoms with Crippen LogP contribution in [0, 0.1) is 11.3 Å². The fourth-order valence-corrected chi connectivity index (χ4v) is 2.09. The molecular weight excluding hydrogens is 148 g/mol. The molecule has 12 heavy (non-hydrogen) atoms. The summed E-state index contributed by atoms with van der Waals surface area (Å²) in [5.41, 5.74) is 0.198. The molecule has 2 unspecified atom stereocenters. The van der Waals surface area contributed by atoms with Crippen molar-refractivity contribution < 1.29 is 5.11 Å². The summed E-state index contributed by atoms with van der Waals surface area (Å²) in [5.74, 6) is 0.646. The van der Waals surface area contributed by atoms with Crippen LogP contribution in [0.2, 0.25) is 0 Å². The first-order chi connectivity index (χ1) is 5.75. The van der Waals surface area contributed by atoms with Crippen molar-refractivity contribution in [3.8, 4) is 0 Å². The predicted molar refractivity (Wildman–Crippen MR) is 52.0 cm³/mol. The molecule has 1 heteroatoms. The van der Waals surface area contributed by atoms with Crippen molar-refractivity contribution in [1.82, 2.24) is 0 Å². The number of rotatable bonds is 3. The molecule has 0 aromatic rings. The second-order valence-electron chi connectivity index (χ2n) is 4.04. The lowest BCUT2D eigenvalue weighted by molar-refractivity contribution is 0.0566. The van der Waals surface area contributed by atoms with Crippen molar-refractivity contribution in [2.45, 2.75) is 39.5 Å². The summed E-state index contributed by atoms with van der Waals surface area (Å²) in [4.78, 5) is 0. The van der Waals surface area contributed by atoms with Gasteiger partial charge in [0.25, 0.3) is 0 Å². The van der Waals surface area contributed by atoms with Crippen LogP contribution in [0.1, 0.15) is 39.5 Å². The molecule has 0 aromatic heterocycles. The number of aliphatic hydroxyl groups is 1. The van der Waals surface area contributed by atoms with Gasteiger partial charge in [-0.05, 0) is 30.6 Å². The molecule has 1 aliphatic carbocycles. The molecule has 0 spiro atoms. The summed E-state index contributed by atoms with van der Waals surface area (Å²) in [5, 5.41) is 9.41. The Kier molecular flexibility index (Phi) is 3.33. The lowest BCUT2D eigenvalue weighted by Crippen LogP contribution is -2.33. The van der Waals surface area contributed by atoms with Crippen molar-refractivity contribution in [3.05, 3.63) is 12.2 Å². The molecule has 1 aliphatic rings. The Bertz CT molecular complexity index is 162. The van der Waals surface area contributed by atoms with Crippen LogP contribution in [0.4, 0.5) is 0 Å². The van der Waals surface area contributed by atoms with Gasteiger partial charge in [0.05, 0.1) is 0 Å². The van der Waals surface area contributed by atoms with Crippen molar-refractivity contribution >= 4 is 0 Å². The van der Waals surface area contributed by atoms with E-state index in [0.717, 1.165) is 19.3 Å². The summed E-state index contributed by atoms with van der Waals surface area (Å²) in [6.45, 7) is 4.82. The zero-order valence-corrected chi connectivity index (χ0v) is 8.21. The fraction of sp³-hybridized carbons (Fsp3) is 0.818. The molecular formula is C11H20O. The highest BCUT2D eigenvalue weighted by Crippen LogP contribution is 2.40. The van der Waals surface area contributed by atoms with Crippen LogP contribution in [0.15, 0.2) is 12.2 Å². The Hall–Kier alpha value is -0.300. The van der Waals surface area contributed by atoms with Crippen LogP contribution in [-0.2, 0) is 0 Å². The van der Waals surface area contributed by atoms with E-state index < -0.39 is 0 Å². The van der Waals surface area contributed by atoms with E-state index in [4.69, 9.17) is 0 Å². The smallest absolute Gasteiger partial charge is 0.0493 e. The van der Waals surface area contributed by atoms with Crippen LogP contribution < -0.4 is 0 Å². The summed E-state index contributed by atoms with van der Waals surface area (Å²) in [7, 11) is 0. The highest BCUT2D eigenvalue weighted by molar-refractivity contribution is 4.99. The molecule has 0 bridgehead atoms. The monoisotopic (exact) mass is 168 g/mol. The van der Waals surface area contributed by atoms with E-state index in [1.807, 2.05) is 0 Å². The molecule has 1 nitrogen and oxygen atoms in total. The SMILES string of the molecule is CCC(C)C1(CO)CC=CCC1. The van der Waals surface area contributed by atoms with Crippen LogP contribution in [0.3, 0.4) is 0 Å². The van der Waals surface area contributed by atoms with Crippen LogP contribution in [-0.4, -0.2) is 11.7 Å². The van der Waals surface area contributed by atoms with E-state index in [2.05, 4.69) is 26.0 Å². The molecule has 1 rings (SSSR count).